The first kappa shape index (κ1) is 12.6. The van der Waals surface area contributed by atoms with Crippen LogP contribution in [0.5, 0.6) is 5.75 Å². The highest BCUT2D eigenvalue weighted by Crippen LogP contribution is 2.16. The molecule has 0 aliphatic carbocycles. The monoisotopic (exact) mass is 247 g/mol. The lowest BCUT2D eigenvalue weighted by atomic mass is 10.1. The van der Waals surface area contributed by atoms with E-state index in [4.69, 9.17) is 10.3 Å². The largest absolute Gasteiger partial charge is 0.508 e. The van der Waals surface area contributed by atoms with Crippen LogP contribution >= 0.6 is 0 Å². The second-order valence-electron chi connectivity index (χ2n) is 4.29. The summed E-state index contributed by atoms with van der Waals surface area (Å²) in [4.78, 5) is 4.28. The summed E-state index contributed by atoms with van der Waals surface area (Å²) in [5.41, 5.74) is 6.92. The number of aromatic nitrogens is 2. The number of nitrogens with zero attached hydrogens (tertiary/aromatic N) is 2. The van der Waals surface area contributed by atoms with Gasteiger partial charge < -0.3 is 15.4 Å². The Morgan fingerprint density at radius 3 is 2.72 bits per heavy atom. The molecule has 0 amide bonds. The molecule has 2 aromatic rings. The van der Waals surface area contributed by atoms with Crippen LogP contribution in [0.25, 0.3) is 0 Å². The number of aromatic hydroxyl groups is 1. The average Bonchev–Trinajstić information content (AvgIpc) is 2.81. The highest BCUT2D eigenvalue weighted by molar-refractivity contribution is 5.27. The summed E-state index contributed by atoms with van der Waals surface area (Å²) in [6.45, 7) is 2.06. The summed E-state index contributed by atoms with van der Waals surface area (Å²) < 4.78 is 5.14. The van der Waals surface area contributed by atoms with Crippen molar-refractivity contribution < 1.29 is 9.63 Å². The quantitative estimate of drug-likeness (QED) is 0.845. The van der Waals surface area contributed by atoms with E-state index in [1.165, 1.54) is 0 Å². The Bertz CT molecular complexity index is 493. The van der Waals surface area contributed by atoms with Crippen LogP contribution in [0.15, 0.2) is 28.8 Å². The Kier molecular flexibility index (Phi) is 3.94. The van der Waals surface area contributed by atoms with Gasteiger partial charge in [-0.1, -0.05) is 30.6 Å². The predicted molar refractivity (Wildman–Crippen MR) is 67.0 cm³/mol. The zero-order valence-corrected chi connectivity index (χ0v) is 10.3. The number of hydrogen-bond acceptors (Lipinski definition) is 5. The maximum Gasteiger partial charge on any atom is 0.243 e. The molecule has 18 heavy (non-hydrogen) atoms. The molecule has 1 aromatic carbocycles. The van der Waals surface area contributed by atoms with E-state index in [2.05, 4.69) is 17.1 Å². The zero-order valence-electron chi connectivity index (χ0n) is 10.3. The van der Waals surface area contributed by atoms with E-state index in [9.17, 15) is 5.11 Å². The molecular formula is C13H17N3O2. The smallest absolute Gasteiger partial charge is 0.243 e. The number of benzene rings is 1. The second kappa shape index (κ2) is 5.64. The number of hydrogen-bond donors (Lipinski definition) is 2. The third kappa shape index (κ3) is 3.07. The Labute approximate surface area is 106 Å². The van der Waals surface area contributed by atoms with Crippen LogP contribution in [-0.2, 0) is 6.42 Å². The van der Waals surface area contributed by atoms with Gasteiger partial charge in [0.1, 0.15) is 5.75 Å². The van der Waals surface area contributed by atoms with Crippen LogP contribution in [0.1, 0.15) is 43.1 Å². The zero-order chi connectivity index (χ0) is 13.0. The molecule has 0 saturated carbocycles. The second-order valence-corrected chi connectivity index (χ2v) is 4.29. The molecule has 5 heteroatoms. The summed E-state index contributed by atoms with van der Waals surface area (Å²) in [5.74, 6) is 1.35. The Hall–Kier alpha value is -1.88. The lowest BCUT2D eigenvalue weighted by molar-refractivity contribution is 0.345. The molecule has 0 radical (unpaired) electrons. The van der Waals surface area contributed by atoms with Gasteiger partial charge in [-0.3, -0.25) is 0 Å². The van der Waals surface area contributed by atoms with E-state index in [1.54, 1.807) is 12.1 Å². The minimum Gasteiger partial charge on any atom is -0.508 e. The normalized spacial score (nSPS) is 12.6. The molecule has 0 spiro atoms. The van der Waals surface area contributed by atoms with Crippen LogP contribution in [0.2, 0.25) is 0 Å². The van der Waals surface area contributed by atoms with E-state index in [0.29, 0.717) is 18.1 Å². The van der Waals surface area contributed by atoms with Crippen molar-refractivity contribution in [3.05, 3.63) is 41.5 Å². The van der Waals surface area contributed by atoms with Crippen molar-refractivity contribution in [2.45, 2.75) is 32.2 Å². The summed E-state index contributed by atoms with van der Waals surface area (Å²) in [6.07, 6.45) is 2.39. The van der Waals surface area contributed by atoms with Crippen molar-refractivity contribution in [2.24, 2.45) is 5.73 Å². The maximum absolute atomic E-state index is 9.19. The standard InChI is InChI=1S/C13H17N3O2/c1-2-3-11(14)13-15-12(16-18-13)8-9-4-6-10(17)7-5-9/h4-7,11,17H,2-3,8,14H2,1H3. The van der Waals surface area contributed by atoms with E-state index >= 15 is 0 Å². The van der Waals surface area contributed by atoms with Gasteiger partial charge in [0.2, 0.25) is 5.89 Å². The van der Waals surface area contributed by atoms with E-state index in [1.807, 2.05) is 12.1 Å². The van der Waals surface area contributed by atoms with Crippen LogP contribution in [-0.4, -0.2) is 15.2 Å². The molecule has 1 aromatic heterocycles. The third-order valence-electron chi connectivity index (χ3n) is 2.70. The molecule has 5 nitrogen and oxygen atoms in total. The molecular weight excluding hydrogens is 230 g/mol. The van der Waals surface area contributed by atoms with Crippen LogP contribution in [0.3, 0.4) is 0 Å². The van der Waals surface area contributed by atoms with E-state index in [0.717, 1.165) is 18.4 Å². The van der Waals surface area contributed by atoms with Gasteiger partial charge in [-0.2, -0.15) is 4.98 Å². The molecule has 0 bridgehead atoms. The topological polar surface area (TPSA) is 85.2 Å². The van der Waals surface area contributed by atoms with Gasteiger partial charge in [-0.25, -0.2) is 0 Å². The molecule has 1 unspecified atom stereocenters. The van der Waals surface area contributed by atoms with Crippen molar-refractivity contribution in [1.82, 2.24) is 10.1 Å². The Morgan fingerprint density at radius 2 is 2.06 bits per heavy atom. The summed E-state index contributed by atoms with van der Waals surface area (Å²) in [6, 6.07) is 6.75. The highest BCUT2D eigenvalue weighted by atomic mass is 16.5. The average molecular weight is 247 g/mol. The Morgan fingerprint density at radius 1 is 1.33 bits per heavy atom. The van der Waals surface area contributed by atoms with Gasteiger partial charge >= 0.3 is 0 Å². The molecule has 2 rings (SSSR count). The van der Waals surface area contributed by atoms with Crippen LogP contribution < -0.4 is 5.73 Å². The van der Waals surface area contributed by atoms with E-state index < -0.39 is 0 Å². The molecule has 0 saturated heterocycles. The number of rotatable bonds is 5. The molecule has 96 valence electrons. The maximum atomic E-state index is 9.19. The van der Waals surface area contributed by atoms with Gasteiger partial charge in [-0.15, -0.1) is 0 Å². The van der Waals surface area contributed by atoms with Crippen molar-refractivity contribution in [3.8, 4) is 5.75 Å². The van der Waals surface area contributed by atoms with Crippen molar-refractivity contribution in [1.29, 1.82) is 0 Å². The third-order valence-corrected chi connectivity index (χ3v) is 2.70. The fourth-order valence-corrected chi connectivity index (χ4v) is 1.72. The minimum absolute atomic E-state index is 0.184. The SMILES string of the molecule is CCCC(N)c1nc(Cc2ccc(O)cc2)no1. The summed E-state index contributed by atoms with van der Waals surface area (Å²) in [5, 5.41) is 13.1. The number of phenols is 1. The van der Waals surface area contributed by atoms with Gasteiger partial charge in [0.05, 0.1) is 6.04 Å². The van der Waals surface area contributed by atoms with Crippen molar-refractivity contribution >= 4 is 0 Å². The molecule has 0 aliphatic rings. The first-order valence-corrected chi connectivity index (χ1v) is 6.05. The lowest BCUT2D eigenvalue weighted by Gasteiger charge is -2.02. The number of phenolic OH excluding ortho intramolecular Hbond substituents is 1. The lowest BCUT2D eigenvalue weighted by Crippen LogP contribution is -2.10. The van der Waals surface area contributed by atoms with E-state index in [-0.39, 0.29) is 11.8 Å². The summed E-state index contributed by atoms with van der Waals surface area (Å²) >= 11 is 0. The van der Waals surface area contributed by atoms with Crippen molar-refractivity contribution in [3.63, 3.8) is 0 Å². The predicted octanol–water partition coefficient (Wildman–Crippen LogP) is 2.17. The first-order chi connectivity index (χ1) is 8.69. The van der Waals surface area contributed by atoms with Gasteiger partial charge in [0.25, 0.3) is 0 Å². The van der Waals surface area contributed by atoms with Crippen LogP contribution in [0.4, 0.5) is 0 Å². The minimum atomic E-state index is -0.184. The van der Waals surface area contributed by atoms with Crippen molar-refractivity contribution in [2.75, 3.05) is 0 Å². The molecule has 1 heterocycles. The molecule has 0 aliphatic heterocycles. The summed E-state index contributed by atoms with van der Waals surface area (Å²) in [7, 11) is 0. The molecule has 0 fully saturated rings. The number of nitrogens with two attached hydrogens (primary N) is 1. The first-order valence-electron chi connectivity index (χ1n) is 6.05. The van der Waals surface area contributed by atoms with Gasteiger partial charge in [0, 0.05) is 6.42 Å². The fraction of sp³-hybridized carbons (Fsp3) is 0.385. The van der Waals surface area contributed by atoms with Gasteiger partial charge in [-0.05, 0) is 24.1 Å². The Balaban J connectivity index is 2.04. The molecule has 3 N–H and O–H groups in total. The van der Waals surface area contributed by atoms with Crippen LogP contribution in [0, 0.1) is 0 Å². The highest BCUT2D eigenvalue weighted by Gasteiger charge is 2.13. The fourth-order valence-electron chi connectivity index (χ4n) is 1.72. The van der Waals surface area contributed by atoms with Gasteiger partial charge in [0.15, 0.2) is 5.82 Å². The molecule has 1 atom stereocenters.